The number of nitrogens with two attached hydrogens (primary N) is 1. The van der Waals surface area contributed by atoms with Gasteiger partial charge in [-0.15, -0.1) is 0 Å². The molecule has 0 saturated heterocycles. The van der Waals surface area contributed by atoms with Crippen LogP contribution in [0.2, 0.25) is 0 Å². The van der Waals surface area contributed by atoms with Gasteiger partial charge in [0.1, 0.15) is 0 Å². The predicted octanol–water partition coefficient (Wildman–Crippen LogP) is 1.22. The molecule has 17 heavy (non-hydrogen) atoms. The molecule has 0 fully saturated rings. The van der Waals surface area contributed by atoms with Gasteiger partial charge in [0, 0.05) is 19.0 Å². The first-order valence-electron chi connectivity index (χ1n) is 6.18. The summed E-state index contributed by atoms with van der Waals surface area (Å²) in [5, 5.41) is 8.57. The normalized spacial score (nSPS) is 12.5. The van der Waals surface area contributed by atoms with E-state index in [9.17, 15) is 9.59 Å². The van der Waals surface area contributed by atoms with E-state index in [1.54, 1.807) is 4.90 Å². The average Bonchev–Trinajstić information content (AvgIpc) is 2.23. The Balaban J connectivity index is 4.31. The molecule has 0 aromatic heterocycles. The fourth-order valence-corrected chi connectivity index (χ4v) is 1.67. The maximum atomic E-state index is 12.0. The predicted molar refractivity (Wildman–Crippen MR) is 66.6 cm³/mol. The Labute approximate surface area is 103 Å². The number of carbonyl (C=O) groups is 2. The minimum Gasteiger partial charge on any atom is -0.481 e. The zero-order chi connectivity index (χ0) is 13.4. The summed E-state index contributed by atoms with van der Waals surface area (Å²) in [4.78, 5) is 24.1. The monoisotopic (exact) mass is 244 g/mol. The minimum atomic E-state index is -0.834. The van der Waals surface area contributed by atoms with E-state index >= 15 is 0 Å². The molecule has 0 saturated carbocycles. The lowest BCUT2D eigenvalue weighted by molar-refractivity contribution is -0.139. The summed E-state index contributed by atoms with van der Waals surface area (Å²) in [6.07, 6.45) is 2.09. The second kappa shape index (κ2) is 8.06. The van der Waals surface area contributed by atoms with E-state index in [0.717, 1.165) is 6.42 Å². The Morgan fingerprint density at radius 3 is 2.35 bits per heavy atom. The molecule has 1 amide bonds. The molecular formula is C12H24N2O3. The van der Waals surface area contributed by atoms with E-state index in [1.165, 1.54) is 0 Å². The molecule has 0 aliphatic rings. The second-order valence-corrected chi connectivity index (χ2v) is 4.52. The number of nitrogens with zero attached hydrogens (tertiary/aromatic N) is 1. The zero-order valence-corrected chi connectivity index (χ0v) is 11.0. The topological polar surface area (TPSA) is 83.6 Å². The first kappa shape index (κ1) is 15.9. The molecule has 5 nitrogen and oxygen atoms in total. The number of carboxylic acid groups (broad SMARTS) is 1. The summed E-state index contributed by atoms with van der Waals surface area (Å²) in [5.41, 5.74) is 5.79. The van der Waals surface area contributed by atoms with Gasteiger partial charge in [0.25, 0.3) is 0 Å². The molecule has 100 valence electrons. The number of amides is 1. The van der Waals surface area contributed by atoms with Crippen molar-refractivity contribution in [2.75, 3.05) is 6.54 Å². The summed E-state index contributed by atoms with van der Waals surface area (Å²) in [6, 6.07) is -0.411. The standard InChI is InChI=1S/C12H24N2O3/c1-4-6-10(13)12(17)14(9(2)3)8-5-7-11(15)16/h9-10H,4-8,13H2,1-3H3,(H,15,16)/t10-/m1/s1. The quantitative estimate of drug-likeness (QED) is 0.672. The second-order valence-electron chi connectivity index (χ2n) is 4.52. The Bertz CT molecular complexity index is 254. The number of carbonyl (C=O) groups excluding carboxylic acids is 1. The highest BCUT2D eigenvalue weighted by molar-refractivity contribution is 5.81. The van der Waals surface area contributed by atoms with Crippen molar-refractivity contribution in [2.45, 2.75) is 58.5 Å². The van der Waals surface area contributed by atoms with Gasteiger partial charge in [0.15, 0.2) is 0 Å². The van der Waals surface area contributed by atoms with Gasteiger partial charge in [-0.2, -0.15) is 0 Å². The summed E-state index contributed by atoms with van der Waals surface area (Å²) in [7, 11) is 0. The molecule has 0 heterocycles. The van der Waals surface area contributed by atoms with Crippen LogP contribution in [0, 0.1) is 0 Å². The van der Waals surface area contributed by atoms with Crippen LogP contribution in [0.3, 0.4) is 0 Å². The van der Waals surface area contributed by atoms with E-state index < -0.39 is 12.0 Å². The third-order valence-electron chi connectivity index (χ3n) is 2.61. The minimum absolute atomic E-state index is 0.0548. The number of rotatable bonds is 8. The van der Waals surface area contributed by atoms with Crippen molar-refractivity contribution in [2.24, 2.45) is 5.73 Å². The third-order valence-corrected chi connectivity index (χ3v) is 2.61. The first-order valence-corrected chi connectivity index (χ1v) is 6.18. The van der Waals surface area contributed by atoms with Crippen molar-refractivity contribution in [3.05, 3.63) is 0 Å². The van der Waals surface area contributed by atoms with E-state index in [2.05, 4.69) is 0 Å². The maximum absolute atomic E-state index is 12.0. The van der Waals surface area contributed by atoms with Crippen LogP contribution in [-0.2, 0) is 9.59 Å². The van der Waals surface area contributed by atoms with Crippen molar-refractivity contribution in [1.82, 2.24) is 4.90 Å². The van der Waals surface area contributed by atoms with Crippen molar-refractivity contribution in [3.8, 4) is 0 Å². The van der Waals surface area contributed by atoms with E-state index in [-0.39, 0.29) is 18.4 Å². The molecule has 0 aliphatic carbocycles. The Morgan fingerprint density at radius 2 is 1.94 bits per heavy atom. The molecule has 0 bridgehead atoms. The van der Waals surface area contributed by atoms with Crippen LogP contribution in [0.1, 0.15) is 46.5 Å². The lowest BCUT2D eigenvalue weighted by atomic mass is 10.1. The van der Waals surface area contributed by atoms with Gasteiger partial charge in [-0.25, -0.2) is 0 Å². The molecule has 0 radical (unpaired) electrons. The molecule has 0 unspecified atom stereocenters. The SMILES string of the molecule is CCC[C@@H](N)C(=O)N(CCCC(=O)O)C(C)C. The van der Waals surface area contributed by atoms with E-state index in [1.807, 2.05) is 20.8 Å². The van der Waals surface area contributed by atoms with Crippen molar-refractivity contribution < 1.29 is 14.7 Å². The van der Waals surface area contributed by atoms with E-state index in [0.29, 0.717) is 19.4 Å². The van der Waals surface area contributed by atoms with Crippen molar-refractivity contribution in [3.63, 3.8) is 0 Å². The molecule has 5 heteroatoms. The van der Waals surface area contributed by atoms with Crippen LogP contribution in [0.25, 0.3) is 0 Å². The summed E-state index contributed by atoms with van der Waals surface area (Å²) in [6.45, 7) is 6.27. The van der Waals surface area contributed by atoms with Crippen LogP contribution in [0.15, 0.2) is 0 Å². The molecule has 1 atom stereocenters. The van der Waals surface area contributed by atoms with Gasteiger partial charge in [-0.1, -0.05) is 13.3 Å². The Morgan fingerprint density at radius 1 is 1.35 bits per heavy atom. The lowest BCUT2D eigenvalue weighted by Gasteiger charge is -2.29. The van der Waals surface area contributed by atoms with Crippen LogP contribution in [0.4, 0.5) is 0 Å². The maximum Gasteiger partial charge on any atom is 0.303 e. The number of aliphatic carboxylic acids is 1. The van der Waals surface area contributed by atoms with Gasteiger partial charge in [0.2, 0.25) is 5.91 Å². The van der Waals surface area contributed by atoms with Crippen LogP contribution in [0.5, 0.6) is 0 Å². The van der Waals surface area contributed by atoms with Crippen molar-refractivity contribution >= 4 is 11.9 Å². The Hall–Kier alpha value is -1.10. The number of hydrogen-bond acceptors (Lipinski definition) is 3. The molecular weight excluding hydrogens is 220 g/mol. The molecule has 0 aromatic carbocycles. The molecule has 0 aliphatic heterocycles. The zero-order valence-electron chi connectivity index (χ0n) is 11.0. The van der Waals surface area contributed by atoms with Gasteiger partial charge >= 0.3 is 5.97 Å². The highest BCUT2D eigenvalue weighted by Gasteiger charge is 2.22. The highest BCUT2D eigenvalue weighted by Crippen LogP contribution is 2.07. The largest absolute Gasteiger partial charge is 0.481 e. The summed E-state index contributed by atoms with van der Waals surface area (Å²) < 4.78 is 0. The number of hydrogen-bond donors (Lipinski definition) is 2. The fraction of sp³-hybridized carbons (Fsp3) is 0.833. The van der Waals surface area contributed by atoms with Crippen molar-refractivity contribution in [1.29, 1.82) is 0 Å². The smallest absolute Gasteiger partial charge is 0.303 e. The van der Waals surface area contributed by atoms with Crippen LogP contribution in [-0.4, -0.2) is 40.5 Å². The molecule has 0 rings (SSSR count). The van der Waals surface area contributed by atoms with Gasteiger partial charge < -0.3 is 15.7 Å². The highest BCUT2D eigenvalue weighted by atomic mass is 16.4. The average molecular weight is 244 g/mol. The van der Waals surface area contributed by atoms with Gasteiger partial charge in [-0.3, -0.25) is 9.59 Å². The molecule has 3 N–H and O–H groups in total. The molecule has 0 spiro atoms. The van der Waals surface area contributed by atoms with E-state index in [4.69, 9.17) is 10.8 Å². The van der Waals surface area contributed by atoms with Crippen LogP contribution >= 0.6 is 0 Å². The van der Waals surface area contributed by atoms with Gasteiger partial charge in [0.05, 0.1) is 6.04 Å². The summed E-state index contributed by atoms with van der Waals surface area (Å²) in [5.74, 6) is -0.911. The van der Waals surface area contributed by atoms with Crippen LogP contribution < -0.4 is 5.73 Å². The molecule has 0 aromatic rings. The third kappa shape index (κ3) is 6.26. The first-order chi connectivity index (χ1) is 7.90. The lowest BCUT2D eigenvalue weighted by Crippen LogP contribution is -2.47. The Kier molecular flexibility index (Phi) is 7.54. The number of carboxylic acids is 1. The summed E-state index contributed by atoms with van der Waals surface area (Å²) >= 11 is 0. The van der Waals surface area contributed by atoms with Gasteiger partial charge in [-0.05, 0) is 26.7 Å². The fourth-order valence-electron chi connectivity index (χ4n) is 1.67.